The van der Waals surface area contributed by atoms with E-state index in [1.54, 1.807) is 0 Å². The standard InChI is InChI=1S/C8H14NO2/c9-6-8(10)11-7-4-2-1-3-5-7/h4,7H,1-3,5-6,9H2. The topological polar surface area (TPSA) is 52.3 Å². The Bertz CT molecular complexity index is 130. The van der Waals surface area contributed by atoms with E-state index in [2.05, 4.69) is 6.42 Å². The third-order valence-corrected chi connectivity index (χ3v) is 1.82. The van der Waals surface area contributed by atoms with Gasteiger partial charge in [0.05, 0.1) is 6.54 Å². The fourth-order valence-corrected chi connectivity index (χ4v) is 1.24. The highest BCUT2D eigenvalue weighted by Crippen LogP contribution is 2.19. The van der Waals surface area contributed by atoms with Crippen LogP contribution in [0.2, 0.25) is 0 Å². The molecule has 63 valence electrons. The summed E-state index contributed by atoms with van der Waals surface area (Å²) in [5.74, 6) is -0.298. The Balaban J connectivity index is 2.19. The lowest BCUT2D eigenvalue weighted by Gasteiger charge is -2.20. The highest BCUT2D eigenvalue weighted by molar-refractivity contribution is 5.71. The molecular weight excluding hydrogens is 142 g/mol. The molecule has 1 aliphatic rings. The zero-order valence-electron chi connectivity index (χ0n) is 6.58. The molecule has 0 aliphatic heterocycles. The van der Waals surface area contributed by atoms with E-state index in [0.29, 0.717) is 0 Å². The number of carbonyl (C=O) groups excluding carboxylic acids is 1. The fourth-order valence-electron chi connectivity index (χ4n) is 1.24. The van der Waals surface area contributed by atoms with E-state index in [-0.39, 0.29) is 18.6 Å². The molecule has 1 atom stereocenters. The molecule has 1 rings (SSSR count). The molecule has 0 saturated heterocycles. The SMILES string of the molecule is NCC(=O)OC1[CH]CCCC1. The monoisotopic (exact) mass is 156 g/mol. The molecule has 0 aromatic rings. The van der Waals surface area contributed by atoms with Crippen molar-refractivity contribution in [1.82, 2.24) is 0 Å². The average molecular weight is 156 g/mol. The van der Waals surface area contributed by atoms with Crippen LogP contribution in [0.15, 0.2) is 0 Å². The lowest BCUT2D eigenvalue weighted by Crippen LogP contribution is -2.25. The number of carbonyl (C=O) groups is 1. The van der Waals surface area contributed by atoms with Gasteiger partial charge in [-0.1, -0.05) is 6.42 Å². The van der Waals surface area contributed by atoms with Crippen LogP contribution < -0.4 is 5.73 Å². The van der Waals surface area contributed by atoms with Crippen LogP contribution in [0.25, 0.3) is 0 Å². The average Bonchev–Trinajstić information content (AvgIpc) is 2.06. The molecule has 1 radical (unpaired) electrons. The molecule has 3 nitrogen and oxygen atoms in total. The Kier molecular flexibility index (Phi) is 3.36. The number of hydrogen-bond donors (Lipinski definition) is 1. The van der Waals surface area contributed by atoms with E-state index in [4.69, 9.17) is 10.5 Å². The van der Waals surface area contributed by atoms with Crippen LogP contribution in [0, 0.1) is 6.42 Å². The highest BCUT2D eigenvalue weighted by atomic mass is 16.5. The number of ether oxygens (including phenoxy) is 1. The smallest absolute Gasteiger partial charge is 0.319 e. The molecule has 0 bridgehead atoms. The molecule has 2 N–H and O–H groups in total. The Morgan fingerprint density at radius 2 is 2.45 bits per heavy atom. The highest BCUT2D eigenvalue weighted by Gasteiger charge is 2.16. The Hall–Kier alpha value is -0.570. The van der Waals surface area contributed by atoms with Crippen molar-refractivity contribution in [2.24, 2.45) is 5.73 Å². The van der Waals surface area contributed by atoms with Gasteiger partial charge in [-0.3, -0.25) is 4.79 Å². The van der Waals surface area contributed by atoms with E-state index in [9.17, 15) is 4.79 Å². The van der Waals surface area contributed by atoms with Crippen LogP contribution in [0.3, 0.4) is 0 Å². The van der Waals surface area contributed by atoms with Gasteiger partial charge in [-0.05, 0) is 19.3 Å². The zero-order chi connectivity index (χ0) is 8.10. The summed E-state index contributed by atoms with van der Waals surface area (Å²) in [6, 6.07) is 0. The molecule has 0 amide bonds. The summed E-state index contributed by atoms with van der Waals surface area (Å²) in [7, 11) is 0. The predicted octanol–water partition coefficient (Wildman–Crippen LogP) is 0.635. The minimum absolute atomic E-state index is 0.00958. The van der Waals surface area contributed by atoms with E-state index in [1.807, 2.05) is 0 Å². The molecule has 0 aromatic heterocycles. The second kappa shape index (κ2) is 4.34. The summed E-state index contributed by atoms with van der Waals surface area (Å²) in [6.45, 7) is -0.00958. The first-order chi connectivity index (χ1) is 5.33. The van der Waals surface area contributed by atoms with Gasteiger partial charge in [-0.25, -0.2) is 0 Å². The van der Waals surface area contributed by atoms with Gasteiger partial charge in [0, 0.05) is 6.42 Å². The van der Waals surface area contributed by atoms with E-state index in [1.165, 1.54) is 6.42 Å². The van der Waals surface area contributed by atoms with Crippen LogP contribution in [0.5, 0.6) is 0 Å². The van der Waals surface area contributed by atoms with Crippen LogP contribution in [0.4, 0.5) is 0 Å². The number of esters is 1. The first-order valence-corrected chi connectivity index (χ1v) is 4.06. The maximum absolute atomic E-state index is 10.7. The van der Waals surface area contributed by atoms with Crippen molar-refractivity contribution in [3.8, 4) is 0 Å². The third-order valence-electron chi connectivity index (χ3n) is 1.82. The van der Waals surface area contributed by atoms with Crippen molar-refractivity contribution < 1.29 is 9.53 Å². The predicted molar refractivity (Wildman–Crippen MR) is 41.7 cm³/mol. The lowest BCUT2D eigenvalue weighted by atomic mass is 9.98. The number of nitrogens with two attached hydrogens (primary N) is 1. The van der Waals surface area contributed by atoms with E-state index >= 15 is 0 Å². The Morgan fingerprint density at radius 1 is 1.64 bits per heavy atom. The third kappa shape index (κ3) is 2.89. The molecule has 1 fully saturated rings. The second-order valence-electron chi connectivity index (χ2n) is 2.75. The normalized spacial score (nSPS) is 19.7. The molecule has 0 heterocycles. The van der Waals surface area contributed by atoms with Gasteiger partial charge in [0.25, 0.3) is 0 Å². The first kappa shape index (κ1) is 8.53. The van der Waals surface area contributed by atoms with Crippen molar-refractivity contribution in [2.75, 3.05) is 6.54 Å². The molecule has 1 unspecified atom stereocenters. The quantitative estimate of drug-likeness (QED) is 0.597. The molecule has 3 heteroatoms. The lowest BCUT2D eigenvalue weighted by molar-refractivity contribution is -0.146. The number of rotatable bonds is 2. The van der Waals surface area contributed by atoms with Gasteiger partial charge in [0.1, 0.15) is 6.10 Å². The summed E-state index contributed by atoms with van der Waals surface area (Å²) < 4.78 is 5.02. The van der Waals surface area contributed by atoms with Crippen molar-refractivity contribution in [2.45, 2.75) is 31.8 Å². The summed E-state index contributed by atoms with van der Waals surface area (Å²) in [4.78, 5) is 10.7. The van der Waals surface area contributed by atoms with Gasteiger partial charge >= 0.3 is 5.97 Å². The minimum atomic E-state index is -0.298. The van der Waals surface area contributed by atoms with Gasteiger partial charge in [0.2, 0.25) is 0 Å². The first-order valence-electron chi connectivity index (χ1n) is 4.06. The van der Waals surface area contributed by atoms with E-state index < -0.39 is 0 Å². The molecule has 1 saturated carbocycles. The maximum atomic E-state index is 10.7. The molecule has 0 spiro atoms. The van der Waals surface area contributed by atoms with Crippen LogP contribution in [-0.4, -0.2) is 18.6 Å². The summed E-state index contributed by atoms with van der Waals surface area (Å²) >= 11 is 0. The summed E-state index contributed by atoms with van der Waals surface area (Å²) in [5.41, 5.74) is 5.10. The maximum Gasteiger partial charge on any atom is 0.319 e. The summed E-state index contributed by atoms with van der Waals surface area (Å²) in [5, 5.41) is 0. The largest absolute Gasteiger partial charge is 0.461 e. The van der Waals surface area contributed by atoms with Crippen molar-refractivity contribution >= 4 is 5.97 Å². The van der Waals surface area contributed by atoms with Gasteiger partial charge in [0.15, 0.2) is 0 Å². The van der Waals surface area contributed by atoms with Crippen LogP contribution >= 0.6 is 0 Å². The second-order valence-corrected chi connectivity index (χ2v) is 2.75. The van der Waals surface area contributed by atoms with Gasteiger partial charge in [-0.15, -0.1) is 0 Å². The van der Waals surface area contributed by atoms with Gasteiger partial charge < -0.3 is 10.5 Å². The number of hydrogen-bond acceptors (Lipinski definition) is 3. The van der Waals surface area contributed by atoms with Gasteiger partial charge in [-0.2, -0.15) is 0 Å². The van der Waals surface area contributed by atoms with Crippen molar-refractivity contribution in [1.29, 1.82) is 0 Å². The molecule has 0 aromatic carbocycles. The molecule has 11 heavy (non-hydrogen) atoms. The van der Waals surface area contributed by atoms with E-state index in [0.717, 1.165) is 19.3 Å². The fraction of sp³-hybridized carbons (Fsp3) is 0.750. The molecular formula is C8H14NO2. The Morgan fingerprint density at radius 3 is 3.00 bits per heavy atom. The van der Waals surface area contributed by atoms with Crippen LogP contribution in [-0.2, 0) is 9.53 Å². The molecule has 1 aliphatic carbocycles. The minimum Gasteiger partial charge on any atom is -0.461 e. The zero-order valence-corrected chi connectivity index (χ0v) is 6.58. The van der Waals surface area contributed by atoms with Crippen molar-refractivity contribution in [3.05, 3.63) is 6.42 Å². The van der Waals surface area contributed by atoms with Crippen molar-refractivity contribution in [3.63, 3.8) is 0 Å². The Labute approximate surface area is 66.9 Å². The van der Waals surface area contributed by atoms with Crippen LogP contribution in [0.1, 0.15) is 25.7 Å². The summed E-state index contributed by atoms with van der Waals surface area (Å²) in [6.07, 6.45) is 6.47.